The monoisotopic (exact) mass is 286 g/mol. The zero-order valence-corrected chi connectivity index (χ0v) is 12.1. The Hall–Kier alpha value is -2.33. The van der Waals surface area contributed by atoms with E-state index in [1.165, 1.54) is 0 Å². The molecule has 2 aromatic rings. The molecule has 0 N–H and O–H groups in total. The number of carbonyl (C=O) groups excluding carboxylic acids is 1. The Bertz CT molecular complexity index is 563. The minimum Gasteiger partial charge on any atom is -0.457 e. The SMILES string of the molecule is COCC(C)OC(=O)c1ccc(Oc2ccccc2)cc1. The lowest BCUT2D eigenvalue weighted by atomic mass is 10.2. The van der Waals surface area contributed by atoms with Crippen LogP contribution in [-0.4, -0.2) is 25.8 Å². The van der Waals surface area contributed by atoms with Crippen molar-refractivity contribution in [1.82, 2.24) is 0 Å². The van der Waals surface area contributed by atoms with Gasteiger partial charge in [-0.05, 0) is 43.3 Å². The lowest BCUT2D eigenvalue weighted by molar-refractivity contribution is 0.0120. The lowest BCUT2D eigenvalue weighted by Gasteiger charge is -2.12. The van der Waals surface area contributed by atoms with E-state index in [2.05, 4.69) is 0 Å². The highest BCUT2D eigenvalue weighted by Gasteiger charge is 2.11. The van der Waals surface area contributed by atoms with Gasteiger partial charge in [-0.25, -0.2) is 4.79 Å². The number of para-hydroxylation sites is 1. The minimum atomic E-state index is -0.370. The van der Waals surface area contributed by atoms with E-state index in [9.17, 15) is 4.79 Å². The van der Waals surface area contributed by atoms with E-state index in [-0.39, 0.29) is 12.1 Å². The molecule has 4 nitrogen and oxygen atoms in total. The smallest absolute Gasteiger partial charge is 0.338 e. The molecular formula is C17H18O4. The summed E-state index contributed by atoms with van der Waals surface area (Å²) in [5.41, 5.74) is 0.485. The summed E-state index contributed by atoms with van der Waals surface area (Å²) in [6.07, 6.45) is -0.275. The van der Waals surface area contributed by atoms with Crippen LogP contribution < -0.4 is 4.74 Å². The van der Waals surface area contributed by atoms with Crippen molar-refractivity contribution in [1.29, 1.82) is 0 Å². The van der Waals surface area contributed by atoms with Crippen molar-refractivity contribution >= 4 is 5.97 Å². The summed E-state index contributed by atoms with van der Waals surface area (Å²) in [6, 6.07) is 16.3. The topological polar surface area (TPSA) is 44.8 Å². The largest absolute Gasteiger partial charge is 0.457 e. The van der Waals surface area contributed by atoms with Crippen molar-refractivity contribution in [2.45, 2.75) is 13.0 Å². The molecule has 0 bridgehead atoms. The molecule has 1 atom stereocenters. The first-order valence-electron chi connectivity index (χ1n) is 6.72. The van der Waals surface area contributed by atoms with Gasteiger partial charge in [0.05, 0.1) is 12.2 Å². The molecule has 0 aliphatic rings. The molecule has 0 heterocycles. The molecule has 2 aromatic carbocycles. The van der Waals surface area contributed by atoms with Gasteiger partial charge < -0.3 is 14.2 Å². The average molecular weight is 286 g/mol. The van der Waals surface area contributed by atoms with Gasteiger partial charge in [0, 0.05) is 7.11 Å². The molecule has 0 fully saturated rings. The van der Waals surface area contributed by atoms with Gasteiger partial charge in [0.25, 0.3) is 0 Å². The van der Waals surface area contributed by atoms with Crippen molar-refractivity contribution in [2.24, 2.45) is 0 Å². The van der Waals surface area contributed by atoms with Gasteiger partial charge in [-0.1, -0.05) is 18.2 Å². The predicted octanol–water partition coefficient (Wildman–Crippen LogP) is 3.67. The molecule has 0 aromatic heterocycles. The Morgan fingerprint density at radius 2 is 1.62 bits per heavy atom. The first-order chi connectivity index (χ1) is 10.2. The van der Waals surface area contributed by atoms with E-state index >= 15 is 0 Å². The Balaban J connectivity index is 1.97. The van der Waals surface area contributed by atoms with Crippen LogP contribution in [0.25, 0.3) is 0 Å². The molecule has 0 radical (unpaired) electrons. The number of ether oxygens (including phenoxy) is 3. The third kappa shape index (κ3) is 4.61. The fraction of sp³-hybridized carbons (Fsp3) is 0.235. The van der Waals surface area contributed by atoms with Gasteiger partial charge in [0.15, 0.2) is 0 Å². The summed E-state index contributed by atoms with van der Waals surface area (Å²) in [5.74, 6) is 1.05. The van der Waals surface area contributed by atoms with Crippen LogP contribution in [0.15, 0.2) is 54.6 Å². The molecular weight excluding hydrogens is 268 g/mol. The number of esters is 1. The van der Waals surface area contributed by atoms with Crippen LogP contribution in [0.4, 0.5) is 0 Å². The van der Waals surface area contributed by atoms with Gasteiger partial charge in [-0.15, -0.1) is 0 Å². The third-order valence-electron chi connectivity index (χ3n) is 2.78. The summed E-state index contributed by atoms with van der Waals surface area (Å²) in [5, 5.41) is 0. The maximum absolute atomic E-state index is 11.9. The maximum Gasteiger partial charge on any atom is 0.338 e. The van der Waals surface area contributed by atoms with Gasteiger partial charge in [-0.3, -0.25) is 0 Å². The minimum absolute atomic E-state index is 0.275. The molecule has 21 heavy (non-hydrogen) atoms. The van der Waals surface area contributed by atoms with Crippen LogP contribution in [0, 0.1) is 0 Å². The molecule has 0 aliphatic carbocycles. The van der Waals surface area contributed by atoms with E-state index in [0.29, 0.717) is 17.9 Å². The fourth-order valence-electron chi connectivity index (χ4n) is 1.80. The second-order valence-corrected chi connectivity index (χ2v) is 4.61. The fourth-order valence-corrected chi connectivity index (χ4v) is 1.80. The van der Waals surface area contributed by atoms with Crippen LogP contribution in [0.3, 0.4) is 0 Å². The maximum atomic E-state index is 11.9. The van der Waals surface area contributed by atoms with E-state index < -0.39 is 0 Å². The summed E-state index contributed by atoms with van der Waals surface area (Å²) in [6.45, 7) is 2.16. The van der Waals surface area contributed by atoms with Crippen molar-refractivity contribution in [3.8, 4) is 11.5 Å². The zero-order valence-electron chi connectivity index (χ0n) is 12.1. The summed E-state index contributed by atoms with van der Waals surface area (Å²) in [7, 11) is 1.57. The van der Waals surface area contributed by atoms with Gasteiger partial charge in [0.1, 0.15) is 17.6 Å². The molecule has 1 unspecified atom stereocenters. The summed E-state index contributed by atoms with van der Waals surface area (Å²) in [4.78, 5) is 11.9. The van der Waals surface area contributed by atoms with Crippen LogP contribution in [0.1, 0.15) is 17.3 Å². The molecule has 2 rings (SSSR count). The molecule has 0 amide bonds. The normalized spacial score (nSPS) is 11.7. The van der Waals surface area contributed by atoms with Gasteiger partial charge >= 0.3 is 5.97 Å². The predicted molar refractivity (Wildman–Crippen MR) is 79.7 cm³/mol. The number of benzene rings is 2. The van der Waals surface area contributed by atoms with Crippen LogP contribution in [0.2, 0.25) is 0 Å². The first-order valence-corrected chi connectivity index (χ1v) is 6.72. The Labute approximate surface area is 124 Å². The van der Waals surface area contributed by atoms with Crippen molar-refractivity contribution < 1.29 is 19.0 Å². The van der Waals surface area contributed by atoms with Crippen LogP contribution in [-0.2, 0) is 9.47 Å². The molecule has 0 aliphatic heterocycles. The quantitative estimate of drug-likeness (QED) is 0.760. The standard InChI is InChI=1S/C17H18O4/c1-13(12-19-2)20-17(18)14-8-10-16(11-9-14)21-15-6-4-3-5-7-15/h3-11,13H,12H2,1-2H3. The van der Waals surface area contributed by atoms with Crippen LogP contribution >= 0.6 is 0 Å². The molecule has 0 spiro atoms. The average Bonchev–Trinajstić information content (AvgIpc) is 2.49. The highest BCUT2D eigenvalue weighted by molar-refractivity contribution is 5.89. The van der Waals surface area contributed by atoms with Crippen molar-refractivity contribution in [3.05, 3.63) is 60.2 Å². The highest BCUT2D eigenvalue weighted by Crippen LogP contribution is 2.21. The first kappa shape index (κ1) is 15.1. The number of carbonyl (C=O) groups is 1. The zero-order chi connectivity index (χ0) is 15.1. The van der Waals surface area contributed by atoms with E-state index in [0.717, 1.165) is 5.75 Å². The van der Waals surface area contributed by atoms with E-state index in [1.807, 2.05) is 30.3 Å². The van der Waals surface area contributed by atoms with Crippen molar-refractivity contribution in [2.75, 3.05) is 13.7 Å². The van der Waals surface area contributed by atoms with E-state index in [1.54, 1.807) is 38.3 Å². The Morgan fingerprint density at radius 1 is 1.00 bits per heavy atom. The number of hydrogen-bond donors (Lipinski definition) is 0. The number of methoxy groups -OCH3 is 1. The summed E-state index contributed by atoms with van der Waals surface area (Å²) >= 11 is 0. The Kier molecular flexibility index (Phi) is 5.35. The summed E-state index contributed by atoms with van der Waals surface area (Å²) < 4.78 is 15.8. The number of rotatable bonds is 6. The second kappa shape index (κ2) is 7.45. The second-order valence-electron chi connectivity index (χ2n) is 4.61. The van der Waals surface area contributed by atoms with Crippen LogP contribution in [0.5, 0.6) is 11.5 Å². The molecule has 0 saturated heterocycles. The molecule has 110 valence electrons. The third-order valence-corrected chi connectivity index (χ3v) is 2.78. The molecule has 4 heteroatoms. The van der Waals surface area contributed by atoms with Gasteiger partial charge in [0.2, 0.25) is 0 Å². The van der Waals surface area contributed by atoms with E-state index in [4.69, 9.17) is 14.2 Å². The Morgan fingerprint density at radius 3 is 2.24 bits per heavy atom. The van der Waals surface area contributed by atoms with Gasteiger partial charge in [-0.2, -0.15) is 0 Å². The van der Waals surface area contributed by atoms with Crippen molar-refractivity contribution in [3.63, 3.8) is 0 Å². The highest BCUT2D eigenvalue weighted by atomic mass is 16.6. The lowest BCUT2D eigenvalue weighted by Crippen LogP contribution is -2.19. The number of hydrogen-bond acceptors (Lipinski definition) is 4. The molecule has 0 saturated carbocycles.